The van der Waals surface area contributed by atoms with Gasteiger partial charge in [0, 0.05) is 18.7 Å². The molecule has 0 aliphatic carbocycles. The van der Waals surface area contributed by atoms with Crippen molar-refractivity contribution in [2.75, 3.05) is 13.7 Å². The van der Waals surface area contributed by atoms with Crippen LogP contribution in [0.1, 0.15) is 28.4 Å². The van der Waals surface area contributed by atoms with E-state index in [0.29, 0.717) is 12.2 Å². The maximum atomic E-state index is 12.3. The van der Waals surface area contributed by atoms with E-state index < -0.39 is 17.6 Å². The van der Waals surface area contributed by atoms with Crippen LogP contribution in [0.3, 0.4) is 0 Å². The van der Waals surface area contributed by atoms with Gasteiger partial charge in [-0.2, -0.15) is 5.26 Å². The van der Waals surface area contributed by atoms with Crippen molar-refractivity contribution in [3.8, 4) is 6.07 Å². The minimum Gasteiger partial charge on any atom is -0.383 e. The maximum absolute atomic E-state index is 12.3. The zero-order valence-electron chi connectivity index (χ0n) is 12.8. The van der Waals surface area contributed by atoms with E-state index in [4.69, 9.17) is 10.00 Å². The molecular weight excluding hydrogens is 268 g/mol. The van der Waals surface area contributed by atoms with E-state index in [1.54, 1.807) is 25.1 Å². The molecule has 0 aliphatic rings. The second-order valence-electron chi connectivity index (χ2n) is 5.17. The first-order chi connectivity index (χ1) is 9.88. The Kier molecular flexibility index (Phi) is 6.07. The standard InChI is InChI=1S/C16H20N2O3/c1-10-5-11(2)7-13(6-10)15(19)14(8-17)16(20)18-12(3)9-21-4/h5-7,12,14H,9H2,1-4H3,(H,18,20). The number of nitrogens with one attached hydrogen (secondary N) is 1. The topological polar surface area (TPSA) is 79.2 Å². The summed E-state index contributed by atoms with van der Waals surface area (Å²) in [6.07, 6.45) is 0. The van der Waals surface area contributed by atoms with Gasteiger partial charge in [0.25, 0.3) is 0 Å². The SMILES string of the molecule is COCC(C)NC(=O)C(C#N)C(=O)c1cc(C)cc(C)c1. The number of hydrogen-bond acceptors (Lipinski definition) is 4. The number of benzene rings is 1. The third-order valence-electron chi connectivity index (χ3n) is 2.97. The molecule has 2 atom stereocenters. The summed E-state index contributed by atoms with van der Waals surface area (Å²) in [5.74, 6) is -2.41. The van der Waals surface area contributed by atoms with Gasteiger partial charge in [0.05, 0.1) is 12.7 Å². The normalized spacial score (nSPS) is 13.1. The van der Waals surface area contributed by atoms with Crippen LogP contribution in [-0.4, -0.2) is 31.4 Å². The number of aryl methyl sites for hydroxylation is 2. The third kappa shape index (κ3) is 4.69. The van der Waals surface area contributed by atoms with Crippen LogP contribution in [0.4, 0.5) is 0 Å². The molecule has 21 heavy (non-hydrogen) atoms. The zero-order valence-corrected chi connectivity index (χ0v) is 12.8. The lowest BCUT2D eigenvalue weighted by Gasteiger charge is -2.15. The van der Waals surface area contributed by atoms with E-state index in [0.717, 1.165) is 11.1 Å². The van der Waals surface area contributed by atoms with Gasteiger partial charge in [-0.15, -0.1) is 0 Å². The first-order valence-electron chi connectivity index (χ1n) is 6.70. The van der Waals surface area contributed by atoms with Crippen LogP contribution >= 0.6 is 0 Å². The number of rotatable bonds is 6. The van der Waals surface area contributed by atoms with E-state index in [-0.39, 0.29) is 6.04 Å². The lowest BCUT2D eigenvalue weighted by atomic mass is 9.95. The minimum absolute atomic E-state index is 0.259. The van der Waals surface area contributed by atoms with Crippen molar-refractivity contribution in [1.82, 2.24) is 5.32 Å². The fourth-order valence-corrected chi connectivity index (χ4v) is 2.14. The molecule has 5 heteroatoms. The molecule has 0 fully saturated rings. The summed E-state index contributed by atoms with van der Waals surface area (Å²) in [7, 11) is 1.52. The number of carbonyl (C=O) groups excluding carboxylic acids is 2. The maximum Gasteiger partial charge on any atom is 0.245 e. The quantitative estimate of drug-likeness (QED) is 0.639. The molecule has 0 aromatic heterocycles. The molecule has 1 aromatic carbocycles. The lowest BCUT2D eigenvalue weighted by Crippen LogP contribution is -2.41. The molecule has 1 amide bonds. The number of nitrogens with zero attached hydrogens (tertiary/aromatic N) is 1. The van der Waals surface area contributed by atoms with Gasteiger partial charge in [0.15, 0.2) is 11.7 Å². The number of amides is 1. The Morgan fingerprint density at radius 3 is 2.33 bits per heavy atom. The first kappa shape index (κ1) is 16.9. The van der Waals surface area contributed by atoms with E-state index in [2.05, 4.69) is 5.32 Å². The molecule has 0 saturated carbocycles. The number of nitriles is 1. The average Bonchev–Trinajstić information content (AvgIpc) is 2.38. The monoisotopic (exact) mass is 288 g/mol. The van der Waals surface area contributed by atoms with E-state index in [9.17, 15) is 9.59 Å². The second kappa shape index (κ2) is 7.55. The largest absolute Gasteiger partial charge is 0.383 e. The summed E-state index contributed by atoms with van der Waals surface area (Å²) in [5, 5.41) is 11.8. The Hall–Kier alpha value is -2.19. The van der Waals surface area contributed by atoms with Crippen LogP contribution in [-0.2, 0) is 9.53 Å². The number of ether oxygens (including phenoxy) is 1. The lowest BCUT2D eigenvalue weighted by molar-refractivity contribution is -0.123. The molecule has 0 bridgehead atoms. The summed E-state index contributed by atoms with van der Waals surface area (Å²) in [4.78, 5) is 24.4. The molecule has 1 rings (SSSR count). The molecule has 0 aliphatic heterocycles. The van der Waals surface area contributed by atoms with E-state index in [1.807, 2.05) is 19.9 Å². The molecular formula is C16H20N2O3. The Morgan fingerprint density at radius 1 is 1.29 bits per heavy atom. The van der Waals surface area contributed by atoms with E-state index >= 15 is 0 Å². The number of ketones is 1. The Labute approximate surface area is 124 Å². The average molecular weight is 288 g/mol. The minimum atomic E-state index is -1.34. The molecule has 2 unspecified atom stereocenters. The van der Waals surface area contributed by atoms with Crippen molar-refractivity contribution in [2.45, 2.75) is 26.8 Å². The van der Waals surface area contributed by atoms with Gasteiger partial charge in [-0.25, -0.2) is 0 Å². The number of carbonyl (C=O) groups is 2. The highest BCUT2D eigenvalue weighted by atomic mass is 16.5. The van der Waals surface area contributed by atoms with Crippen molar-refractivity contribution in [1.29, 1.82) is 5.26 Å². The Bertz CT molecular complexity index is 555. The number of Topliss-reactive ketones (excluding diaryl/α,β-unsaturated/α-hetero) is 1. The number of hydrogen-bond donors (Lipinski definition) is 1. The Balaban J connectivity index is 2.91. The predicted molar refractivity (Wildman–Crippen MR) is 78.8 cm³/mol. The van der Waals surface area contributed by atoms with Gasteiger partial charge in [-0.05, 0) is 32.9 Å². The molecule has 0 radical (unpaired) electrons. The van der Waals surface area contributed by atoms with Crippen LogP contribution < -0.4 is 5.32 Å². The summed E-state index contributed by atoms with van der Waals surface area (Å²) in [6, 6.07) is 6.83. The molecule has 0 spiro atoms. The molecule has 1 aromatic rings. The molecule has 5 nitrogen and oxygen atoms in total. The van der Waals surface area contributed by atoms with Gasteiger partial charge in [0.2, 0.25) is 5.91 Å². The van der Waals surface area contributed by atoms with Crippen LogP contribution in [0.25, 0.3) is 0 Å². The first-order valence-corrected chi connectivity index (χ1v) is 6.70. The number of methoxy groups -OCH3 is 1. The third-order valence-corrected chi connectivity index (χ3v) is 2.97. The van der Waals surface area contributed by atoms with Gasteiger partial charge in [-0.3, -0.25) is 9.59 Å². The van der Waals surface area contributed by atoms with Crippen LogP contribution in [0.15, 0.2) is 18.2 Å². The van der Waals surface area contributed by atoms with Crippen LogP contribution in [0, 0.1) is 31.1 Å². The molecule has 0 saturated heterocycles. The van der Waals surface area contributed by atoms with Crippen molar-refractivity contribution in [3.63, 3.8) is 0 Å². The summed E-state index contributed by atoms with van der Waals surface area (Å²) in [5.41, 5.74) is 2.22. The van der Waals surface area contributed by atoms with Gasteiger partial charge in [0.1, 0.15) is 0 Å². The van der Waals surface area contributed by atoms with Crippen LogP contribution in [0.5, 0.6) is 0 Å². The van der Waals surface area contributed by atoms with Crippen molar-refractivity contribution >= 4 is 11.7 Å². The Morgan fingerprint density at radius 2 is 1.86 bits per heavy atom. The fraction of sp³-hybridized carbons (Fsp3) is 0.438. The highest BCUT2D eigenvalue weighted by molar-refractivity contribution is 6.12. The molecule has 1 N–H and O–H groups in total. The molecule has 0 heterocycles. The van der Waals surface area contributed by atoms with Gasteiger partial charge in [-0.1, -0.05) is 17.2 Å². The fourth-order valence-electron chi connectivity index (χ4n) is 2.14. The predicted octanol–water partition coefficient (Wildman–Crippen LogP) is 1.78. The van der Waals surface area contributed by atoms with Crippen molar-refractivity contribution in [2.24, 2.45) is 5.92 Å². The zero-order chi connectivity index (χ0) is 16.0. The second-order valence-corrected chi connectivity index (χ2v) is 5.17. The summed E-state index contributed by atoms with van der Waals surface area (Å²) >= 11 is 0. The van der Waals surface area contributed by atoms with Crippen molar-refractivity contribution in [3.05, 3.63) is 34.9 Å². The van der Waals surface area contributed by atoms with Crippen molar-refractivity contribution < 1.29 is 14.3 Å². The highest BCUT2D eigenvalue weighted by Crippen LogP contribution is 2.14. The van der Waals surface area contributed by atoms with Crippen LogP contribution in [0.2, 0.25) is 0 Å². The summed E-state index contributed by atoms with van der Waals surface area (Å²) < 4.78 is 4.91. The van der Waals surface area contributed by atoms with Gasteiger partial charge >= 0.3 is 0 Å². The smallest absolute Gasteiger partial charge is 0.245 e. The highest BCUT2D eigenvalue weighted by Gasteiger charge is 2.28. The molecule has 112 valence electrons. The van der Waals surface area contributed by atoms with Gasteiger partial charge < -0.3 is 10.1 Å². The van der Waals surface area contributed by atoms with E-state index in [1.165, 1.54) is 7.11 Å². The summed E-state index contributed by atoms with van der Waals surface area (Å²) in [6.45, 7) is 5.80.